The Morgan fingerprint density at radius 1 is 1.06 bits per heavy atom. The lowest BCUT2D eigenvalue weighted by Crippen LogP contribution is -1.84. The molecule has 0 aliphatic heterocycles. The van der Waals surface area contributed by atoms with Gasteiger partial charge in [-0.15, -0.1) is 0 Å². The largest absolute Gasteiger partial charge is 0.497 e. The molecule has 2 aromatic carbocycles. The van der Waals surface area contributed by atoms with Crippen molar-refractivity contribution in [3.05, 3.63) is 48.5 Å². The monoisotopic (exact) mass is 224 g/mol. The van der Waals surface area contributed by atoms with E-state index in [-0.39, 0.29) is 0 Å². The van der Waals surface area contributed by atoms with E-state index in [1.54, 1.807) is 7.11 Å². The van der Waals surface area contributed by atoms with Gasteiger partial charge in [-0.3, -0.25) is 5.10 Å². The van der Waals surface area contributed by atoms with Crippen LogP contribution in [-0.4, -0.2) is 17.3 Å². The second kappa shape index (κ2) is 3.94. The van der Waals surface area contributed by atoms with E-state index in [1.165, 1.54) is 0 Å². The highest BCUT2D eigenvalue weighted by Crippen LogP contribution is 2.28. The van der Waals surface area contributed by atoms with Crippen LogP contribution in [0.25, 0.3) is 22.2 Å². The first-order valence-electron chi connectivity index (χ1n) is 5.46. The van der Waals surface area contributed by atoms with Crippen LogP contribution < -0.4 is 4.74 Å². The molecule has 1 N–H and O–H groups in total. The number of H-pyrrole nitrogens is 1. The quantitative estimate of drug-likeness (QED) is 0.725. The van der Waals surface area contributed by atoms with Gasteiger partial charge in [-0.25, -0.2) is 0 Å². The van der Waals surface area contributed by atoms with Crippen molar-refractivity contribution in [1.29, 1.82) is 0 Å². The van der Waals surface area contributed by atoms with Crippen LogP contribution in [0.3, 0.4) is 0 Å². The minimum atomic E-state index is 0.842. The Bertz CT molecular complexity index is 658. The Hall–Kier alpha value is -2.29. The van der Waals surface area contributed by atoms with Crippen LogP contribution >= 0.6 is 0 Å². The summed E-state index contributed by atoms with van der Waals surface area (Å²) in [7, 11) is 1.67. The lowest BCUT2D eigenvalue weighted by molar-refractivity contribution is 0.415. The Morgan fingerprint density at radius 3 is 2.82 bits per heavy atom. The Labute approximate surface area is 99.0 Å². The number of rotatable bonds is 2. The number of para-hydroxylation sites is 1. The number of hydrogen-bond donors (Lipinski definition) is 1. The predicted octanol–water partition coefficient (Wildman–Crippen LogP) is 3.24. The van der Waals surface area contributed by atoms with Crippen molar-refractivity contribution >= 4 is 10.9 Å². The summed E-state index contributed by atoms with van der Waals surface area (Å²) in [5, 5.41) is 8.52. The first-order valence-corrected chi connectivity index (χ1v) is 5.46. The molecule has 1 heterocycles. The average Bonchev–Trinajstić information content (AvgIpc) is 2.82. The molecule has 1 aromatic heterocycles. The Morgan fingerprint density at radius 2 is 1.94 bits per heavy atom. The summed E-state index contributed by atoms with van der Waals surface area (Å²) >= 11 is 0. The zero-order valence-corrected chi connectivity index (χ0v) is 9.47. The zero-order valence-electron chi connectivity index (χ0n) is 9.47. The molecule has 3 nitrogen and oxygen atoms in total. The molecule has 84 valence electrons. The lowest BCUT2D eigenvalue weighted by Gasteiger charge is -2.02. The smallest absolute Gasteiger partial charge is 0.119 e. The highest BCUT2D eigenvalue weighted by Gasteiger charge is 2.07. The standard InChI is InChI=1S/C14H12N2O/c1-17-11-6-4-5-10(9-11)14-12-7-2-3-8-13(12)15-16-14/h2-9H,1H3,(H,15,16). The fourth-order valence-corrected chi connectivity index (χ4v) is 1.95. The number of nitrogens with one attached hydrogen (secondary N) is 1. The molecule has 0 atom stereocenters. The molecule has 0 radical (unpaired) electrons. The van der Waals surface area contributed by atoms with Gasteiger partial charge in [-0.2, -0.15) is 5.10 Å². The van der Waals surface area contributed by atoms with Crippen LogP contribution in [0, 0.1) is 0 Å². The van der Waals surface area contributed by atoms with Gasteiger partial charge >= 0.3 is 0 Å². The summed E-state index contributed by atoms with van der Waals surface area (Å²) in [4.78, 5) is 0. The molecule has 0 aliphatic rings. The van der Waals surface area contributed by atoms with Gasteiger partial charge in [-0.1, -0.05) is 30.3 Å². The van der Waals surface area contributed by atoms with Crippen molar-refractivity contribution in [2.24, 2.45) is 0 Å². The van der Waals surface area contributed by atoms with Gasteiger partial charge < -0.3 is 4.74 Å². The van der Waals surface area contributed by atoms with Crippen LogP contribution in [0.1, 0.15) is 0 Å². The minimum absolute atomic E-state index is 0.842. The number of fused-ring (bicyclic) bond motifs is 1. The number of ether oxygens (including phenoxy) is 1. The normalized spacial score (nSPS) is 10.6. The van der Waals surface area contributed by atoms with Crippen LogP contribution in [0.4, 0.5) is 0 Å². The van der Waals surface area contributed by atoms with Crippen molar-refractivity contribution in [1.82, 2.24) is 10.2 Å². The molecular weight excluding hydrogens is 212 g/mol. The molecule has 0 unspecified atom stereocenters. The molecule has 0 spiro atoms. The first-order chi connectivity index (χ1) is 8.38. The van der Waals surface area contributed by atoms with Crippen molar-refractivity contribution in [2.45, 2.75) is 0 Å². The maximum atomic E-state index is 5.23. The van der Waals surface area contributed by atoms with Crippen LogP contribution in [-0.2, 0) is 0 Å². The van der Waals surface area contributed by atoms with E-state index < -0.39 is 0 Å². The van der Waals surface area contributed by atoms with E-state index in [0.29, 0.717) is 0 Å². The first kappa shape index (κ1) is 9.90. The van der Waals surface area contributed by atoms with Crippen LogP contribution in [0.5, 0.6) is 5.75 Å². The second-order valence-electron chi connectivity index (χ2n) is 3.85. The topological polar surface area (TPSA) is 37.9 Å². The van der Waals surface area contributed by atoms with Crippen LogP contribution in [0.2, 0.25) is 0 Å². The van der Waals surface area contributed by atoms with E-state index in [9.17, 15) is 0 Å². The van der Waals surface area contributed by atoms with E-state index in [1.807, 2.05) is 42.5 Å². The van der Waals surface area contributed by atoms with Crippen molar-refractivity contribution in [2.75, 3.05) is 7.11 Å². The summed E-state index contributed by atoms with van der Waals surface area (Å²) < 4.78 is 5.23. The van der Waals surface area contributed by atoms with E-state index >= 15 is 0 Å². The zero-order chi connectivity index (χ0) is 11.7. The molecule has 3 aromatic rings. The molecule has 3 heteroatoms. The summed E-state index contributed by atoms with van der Waals surface area (Å²) in [6, 6.07) is 16.0. The molecule has 0 amide bonds. The Balaban J connectivity index is 2.20. The van der Waals surface area contributed by atoms with E-state index in [4.69, 9.17) is 4.74 Å². The SMILES string of the molecule is COc1cccc(-c2n[nH]c3ccccc23)c1. The molecule has 0 aliphatic carbocycles. The summed E-state index contributed by atoms with van der Waals surface area (Å²) in [6.45, 7) is 0. The van der Waals surface area contributed by atoms with Gasteiger partial charge in [0.1, 0.15) is 11.4 Å². The van der Waals surface area contributed by atoms with Gasteiger partial charge in [0.25, 0.3) is 0 Å². The number of methoxy groups -OCH3 is 1. The van der Waals surface area contributed by atoms with Gasteiger partial charge in [0.05, 0.1) is 12.6 Å². The maximum Gasteiger partial charge on any atom is 0.119 e. The third-order valence-electron chi connectivity index (χ3n) is 2.81. The summed E-state index contributed by atoms with van der Waals surface area (Å²) in [5.74, 6) is 0.842. The summed E-state index contributed by atoms with van der Waals surface area (Å²) in [5.41, 5.74) is 3.06. The number of aromatic amines is 1. The molecule has 0 fully saturated rings. The number of aromatic nitrogens is 2. The second-order valence-corrected chi connectivity index (χ2v) is 3.85. The van der Waals surface area contributed by atoms with E-state index in [0.717, 1.165) is 27.9 Å². The summed E-state index contributed by atoms with van der Waals surface area (Å²) in [6.07, 6.45) is 0. The van der Waals surface area contributed by atoms with Gasteiger partial charge in [-0.05, 0) is 18.2 Å². The Kier molecular flexibility index (Phi) is 2.29. The number of hydrogen-bond acceptors (Lipinski definition) is 2. The fraction of sp³-hybridized carbons (Fsp3) is 0.0714. The molecule has 0 saturated heterocycles. The fourth-order valence-electron chi connectivity index (χ4n) is 1.95. The highest BCUT2D eigenvalue weighted by molar-refractivity contribution is 5.92. The van der Waals surface area contributed by atoms with Crippen molar-refractivity contribution in [3.63, 3.8) is 0 Å². The number of nitrogens with zero attached hydrogens (tertiary/aromatic N) is 1. The van der Waals surface area contributed by atoms with Gasteiger partial charge in [0.2, 0.25) is 0 Å². The molecule has 0 saturated carbocycles. The predicted molar refractivity (Wildman–Crippen MR) is 68.1 cm³/mol. The third-order valence-corrected chi connectivity index (χ3v) is 2.81. The van der Waals surface area contributed by atoms with Gasteiger partial charge in [0.15, 0.2) is 0 Å². The van der Waals surface area contributed by atoms with Crippen molar-refractivity contribution < 1.29 is 4.74 Å². The van der Waals surface area contributed by atoms with Crippen molar-refractivity contribution in [3.8, 4) is 17.0 Å². The molecule has 0 bridgehead atoms. The third kappa shape index (κ3) is 1.65. The van der Waals surface area contributed by atoms with Gasteiger partial charge in [0, 0.05) is 10.9 Å². The molecule has 17 heavy (non-hydrogen) atoms. The molecular formula is C14H12N2O. The average molecular weight is 224 g/mol. The highest BCUT2D eigenvalue weighted by atomic mass is 16.5. The number of benzene rings is 2. The lowest BCUT2D eigenvalue weighted by atomic mass is 10.1. The maximum absolute atomic E-state index is 5.23. The van der Waals surface area contributed by atoms with Crippen LogP contribution in [0.15, 0.2) is 48.5 Å². The minimum Gasteiger partial charge on any atom is -0.497 e. The molecule has 3 rings (SSSR count). The van der Waals surface area contributed by atoms with E-state index in [2.05, 4.69) is 16.3 Å².